The van der Waals surface area contributed by atoms with E-state index < -0.39 is 0 Å². The van der Waals surface area contributed by atoms with E-state index in [-0.39, 0.29) is 5.41 Å². The zero-order valence-electron chi connectivity index (χ0n) is 33.5. The van der Waals surface area contributed by atoms with Gasteiger partial charge in [0.15, 0.2) is 0 Å². The zero-order valence-corrected chi connectivity index (χ0v) is 33.5. The van der Waals surface area contributed by atoms with Gasteiger partial charge in [0.05, 0.1) is 0 Å². The highest BCUT2D eigenvalue weighted by atomic mass is 16.3. The average Bonchev–Trinajstić information content (AvgIpc) is 3.49. The Hall–Kier alpha value is -4.88. The van der Waals surface area contributed by atoms with Gasteiger partial charge in [-0.3, -0.25) is 0 Å². The monoisotopic (exact) mass is 724 g/mol. The lowest BCUT2D eigenvalue weighted by Crippen LogP contribution is -2.25. The van der Waals surface area contributed by atoms with Crippen molar-refractivity contribution in [3.05, 3.63) is 150 Å². The van der Waals surface area contributed by atoms with Gasteiger partial charge in [-0.25, -0.2) is 0 Å². The maximum atomic E-state index is 9.81. The molecule has 7 rings (SSSR count). The molecule has 0 aliphatic heterocycles. The van der Waals surface area contributed by atoms with Crippen LogP contribution in [0.25, 0.3) is 55.6 Å². The zero-order chi connectivity index (χ0) is 38.0. The first-order chi connectivity index (χ1) is 27.0. The summed E-state index contributed by atoms with van der Waals surface area (Å²) in [6.07, 6.45) is 18.2. The second-order valence-corrected chi connectivity index (χ2v) is 16.2. The van der Waals surface area contributed by atoms with Crippen LogP contribution in [0.1, 0.15) is 120 Å². The molecule has 0 atom stereocenters. The van der Waals surface area contributed by atoms with Crippen LogP contribution >= 0.6 is 0 Å². The van der Waals surface area contributed by atoms with E-state index in [1.807, 2.05) is 12.1 Å². The number of hydrogen-bond acceptors (Lipinski definition) is 1. The van der Waals surface area contributed by atoms with Crippen LogP contribution in [-0.2, 0) is 5.41 Å². The summed E-state index contributed by atoms with van der Waals surface area (Å²) >= 11 is 0. The third-order valence-corrected chi connectivity index (χ3v) is 12.3. The highest BCUT2D eigenvalue weighted by molar-refractivity contribution is 5.86. The van der Waals surface area contributed by atoms with Gasteiger partial charge in [-0.15, -0.1) is 0 Å². The van der Waals surface area contributed by atoms with E-state index in [9.17, 15) is 5.11 Å². The quantitative estimate of drug-likeness (QED) is 0.0875. The molecular weight excluding hydrogens is 665 g/mol. The number of aryl methyl sites for hydroxylation is 1. The van der Waals surface area contributed by atoms with Crippen LogP contribution in [0, 0.1) is 6.92 Å². The number of aromatic hydroxyl groups is 1. The molecule has 0 saturated heterocycles. The topological polar surface area (TPSA) is 20.2 Å². The summed E-state index contributed by atoms with van der Waals surface area (Å²) in [7, 11) is 0. The van der Waals surface area contributed by atoms with Crippen molar-refractivity contribution in [1.29, 1.82) is 0 Å². The normalized spacial score (nSPS) is 12.8. The molecule has 0 heterocycles. The molecule has 0 unspecified atom stereocenters. The predicted molar refractivity (Wildman–Crippen MR) is 237 cm³/mol. The minimum atomic E-state index is 0.0000197. The molecular formula is C54H60O. The molecule has 1 aliphatic carbocycles. The molecule has 0 fully saturated rings. The SMILES string of the molecule is CCCCCCCCC1(CCCCCCCC)c2cc(-c3ccc(-c4ccc(C)cc4)cc3)ccc2-c2ccc(-c3ccc(-c4ccc(O)cc4)cc3)cc21. The molecule has 0 bridgehead atoms. The Bertz CT molecular complexity index is 1960. The molecule has 6 aromatic rings. The standard InChI is InChI=1S/C54H60O/c1-4-6-8-10-12-14-36-54(37-15-13-11-9-7-5-2)52-38-47(45-24-20-42(21-25-45)41-18-16-40(3)17-19-41)30-34-50(52)51-35-31-48(39-53(51)54)46-26-22-43(23-27-46)44-28-32-49(55)33-29-44/h16-35,38-39,55H,4-15,36-37H2,1-3H3. The number of rotatable bonds is 18. The maximum Gasteiger partial charge on any atom is 0.115 e. The highest BCUT2D eigenvalue weighted by Gasteiger charge is 2.42. The fourth-order valence-corrected chi connectivity index (χ4v) is 9.04. The van der Waals surface area contributed by atoms with Crippen molar-refractivity contribution in [1.82, 2.24) is 0 Å². The average molecular weight is 725 g/mol. The van der Waals surface area contributed by atoms with Crippen LogP contribution in [0.5, 0.6) is 5.75 Å². The molecule has 55 heavy (non-hydrogen) atoms. The summed E-state index contributed by atoms with van der Waals surface area (Å²) in [4.78, 5) is 0. The molecule has 1 N–H and O–H groups in total. The first kappa shape index (κ1) is 38.4. The molecule has 0 amide bonds. The Morgan fingerprint density at radius 3 is 1.07 bits per heavy atom. The van der Waals surface area contributed by atoms with Crippen molar-refractivity contribution >= 4 is 0 Å². The molecule has 6 aromatic carbocycles. The molecule has 0 radical (unpaired) electrons. The van der Waals surface area contributed by atoms with Crippen molar-refractivity contribution < 1.29 is 5.11 Å². The van der Waals surface area contributed by atoms with Gasteiger partial charge in [0, 0.05) is 5.41 Å². The largest absolute Gasteiger partial charge is 0.508 e. The van der Waals surface area contributed by atoms with Crippen molar-refractivity contribution in [3.8, 4) is 61.4 Å². The Morgan fingerprint density at radius 2 is 0.673 bits per heavy atom. The van der Waals surface area contributed by atoms with Gasteiger partial charge < -0.3 is 5.11 Å². The minimum absolute atomic E-state index is 0.0000197. The lowest BCUT2D eigenvalue weighted by atomic mass is 9.70. The minimum Gasteiger partial charge on any atom is -0.508 e. The molecule has 0 spiro atoms. The number of unbranched alkanes of at least 4 members (excludes halogenated alkanes) is 10. The molecule has 1 aliphatic rings. The number of phenols is 1. The number of fused-ring (bicyclic) bond motifs is 3. The fraction of sp³-hybridized carbons (Fsp3) is 0.333. The molecule has 1 heteroatoms. The molecule has 282 valence electrons. The van der Waals surface area contributed by atoms with Crippen LogP contribution in [0.15, 0.2) is 133 Å². The smallest absolute Gasteiger partial charge is 0.115 e. The summed E-state index contributed by atoms with van der Waals surface area (Å²) in [5, 5.41) is 9.81. The Balaban J connectivity index is 1.26. The fourth-order valence-electron chi connectivity index (χ4n) is 9.04. The van der Waals surface area contributed by atoms with Gasteiger partial charge in [-0.2, -0.15) is 0 Å². The lowest BCUT2D eigenvalue weighted by Gasteiger charge is -2.33. The molecule has 0 aromatic heterocycles. The van der Waals surface area contributed by atoms with Gasteiger partial charge in [0.2, 0.25) is 0 Å². The molecule has 1 nitrogen and oxygen atoms in total. The Kier molecular flexibility index (Phi) is 12.7. The van der Waals surface area contributed by atoms with Gasteiger partial charge in [-0.1, -0.05) is 206 Å². The van der Waals surface area contributed by atoms with Crippen LogP contribution in [0.4, 0.5) is 0 Å². The van der Waals surface area contributed by atoms with Gasteiger partial charge >= 0.3 is 0 Å². The number of phenolic OH excluding ortho intramolecular Hbond substituents is 1. The summed E-state index contributed by atoms with van der Waals surface area (Å²) in [5.41, 5.74) is 17.2. The summed E-state index contributed by atoms with van der Waals surface area (Å²) in [6.45, 7) is 6.78. The first-order valence-electron chi connectivity index (χ1n) is 21.4. The lowest BCUT2D eigenvalue weighted by molar-refractivity contribution is 0.398. The van der Waals surface area contributed by atoms with Gasteiger partial charge in [0.25, 0.3) is 0 Å². The van der Waals surface area contributed by atoms with E-state index in [0.29, 0.717) is 5.75 Å². The van der Waals surface area contributed by atoms with Gasteiger partial charge in [-0.05, 0) is 111 Å². The third kappa shape index (κ3) is 8.83. The van der Waals surface area contributed by atoms with E-state index >= 15 is 0 Å². The van der Waals surface area contributed by atoms with Gasteiger partial charge in [0.1, 0.15) is 5.75 Å². The Labute approximate surface area is 331 Å². The second-order valence-electron chi connectivity index (χ2n) is 16.2. The summed E-state index contributed by atoms with van der Waals surface area (Å²) in [5.74, 6) is 0.299. The highest BCUT2D eigenvalue weighted by Crippen LogP contribution is 2.56. The summed E-state index contributed by atoms with van der Waals surface area (Å²) < 4.78 is 0. The van der Waals surface area contributed by atoms with Crippen molar-refractivity contribution in [2.75, 3.05) is 0 Å². The predicted octanol–water partition coefficient (Wildman–Crippen LogP) is 16.1. The number of hydrogen-bond donors (Lipinski definition) is 1. The Morgan fingerprint density at radius 1 is 0.364 bits per heavy atom. The van der Waals surface area contributed by atoms with E-state index in [2.05, 4.69) is 130 Å². The first-order valence-corrected chi connectivity index (χ1v) is 21.4. The van der Waals surface area contributed by atoms with E-state index in [1.165, 1.54) is 146 Å². The summed E-state index contributed by atoms with van der Waals surface area (Å²) in [6, 6.07) is 49.3. The van der Waals surface area contributed by atoms with Crippen LogP contribution in [0.3, 0.4) is 0 Å². The number of benzene rings is 6. The van der Waals surface area contributed by atoms with E-state index in [0.717, 1.165) is 11.1 Å². The van der Waals surface area contributed by atoms with Crippen molar-refractivity contribution in [2.45, 2.75) is 116 Å². The maximum absolute atomic E-state index is 9.81. The molecule has 0 saturated carbocycles. The van der Waals surface area contributed by atoms with Crippen LogP contribution < -0.4 is 0 Å². The second kappa shape index (κ2) is 18.2. The van der Waals surface area contributed by atoms with E-state index in [1.54, 1.807) is 17.7 Å². The van der Waals surface area contributed by atoms with Crippen molar-refractivity contribution in [3.63, 3.8) is 0 Å². The third-order valence-electron chi connectivity index (χ3n) is 12.3. The van der Waals surface area contributed by atoms with E-state index in [4.69, 9.17) is 0 Å². The van der Waals surface area contributed by atoms with Crippen molar-refractivity contribution in [2.24, 2.45) is 0 Å². The van der Waals surface area contributed by atoms with Crippen LogP contribution in [0.2, 0.25) is 0 Å². The van der Waals surface area contributed by atoms with Crippen LogP contribution in [-0.4, -0.2) is 5.11 Å².